The number of amides is 1. The van der Waals surface area contributed by atoms with Crippen LogP contribution in [-0.4, -0.2) is 44.7 Å². The summed E-state index contributed by atoms with van der Waals surface area (Å²) in [5.41, 5.74) is 2.13. The van der Waals surface area contributed by atoms with Crippen LogP contribution in [0.5, 0.6) is 0 Å². The number of alkyl carbamates (subject to hydrolysis) is 1. The molecule has 0 atom stereocenters. The average molecular weight is 498 g/mol. The van der Waals surface area contributed by atoms with Crippen molar-refractivity contribution in [3.05, 3.63) is 70.5 Å². The minimum atomic E-state index is -0.605. The van der Waals surface area contributed by atoms with Crippen molar-refractivity contribution in [3.8, 4) is 5.69 Å². The van der Waals surface area contributed by atoms with Crippen LogP contribution in [0.2, 0.25) is 5.02 Å². The van der Waals surface area contributed by atoms with Crippen molar-refractivity contribution >= 4 is 23.6 Å². The van der Waals surface area contributed by atoms with Gasteiger partial charge in [-0.05, 0) is 63.3 Å². The predicted molar refractivity (Wildman–Crippen MR) is 136 cm³/mol. The Balaban J connectivity index is 1.61. The Morgan fingerprint density at radius 3 is 2.51 bits per heavy atom. The van der Waals surface area contributed by atoms with E-state index in [2.05, 4.69) is 44.7 Å². The maximum Gasteiger partial charge on any atom is 0.408 e. The summed E-state index contributed by atoms with van der Waals surface area (Å²) in [4.78, 5) is 14.5. The lowest BCUT2D eigenvalue weighted by molar-refractivity contribution is 0.0522. The summed E-state index contributed by atoms with van der Waals surface area (Å²) >= 11 is 6.19. The zero-order valence-corrected chi connectivity index (χ0v) is 21.1. The van der Waals surface area contributed by atoms with E-state index >= 15 is 0 Å². The van der Waals surface area contributed by atoms with E-state index in [-0.39, 0.29) is 13.2 Å². The number of ether oxygens (including phenoxy) is 1. The first-order chi connectivity index (χ1) is 16.7. The number of carbonyl (C=O) groups is 1. The molecule has 8 nitrogen and oxygen atoms in total. The summed E-state index contributed by atoms with van der Waals surface area (Å²) in [7, 11) is 0. The van der Waals surface area contributed by atoms with Crippen LogP contribution in [0, 0.1) is 0 Å². The number of rotatable bonds is 6. The minimum Gasteiger partial charge on any atom is -0.444 e. The molecule has 0 spiro atoms. The molecule has 0 unspecified atom stereocenters. The zero-order valence-electron chi connectivity index (χ0n) is 20.4. The van der Waals surface area contributed by atoms with Gasteiger partial charge in [0.1, 0.15) is 5.60 Å². The van der Waals surface area contributed by atoms with E-state index in [1.165, 1.54) is 5.56 Å². The van der Waals surface area contributed by atoms with Crippen LogP contribution in [-0.2, 0) is 17.9 Å². The number of benzene rings is 2. The highest BCUT2D eigenvalue weighted by Crippen LogP contribution is 2.32. The van der Waals surface area contributed by atoms with Crippen LogP contribution in [0.15, 0.2) is 48.5 Å². The SMILES string of the molecule is CC(C)(C)OC(=O)NCc1nnc(N2CCC(c3ccccc3)CC2)n1-c1ccc(Cl)cc1CO. The number of carbonyl (C=O) groups excluding carboxylic acids is 1. The second kappa shape index (κ2) is 10.7. The molecule has 0 aliphatic carbocycles. The lowest BCUT2D eigenvalue weighted by Gasteiger charge is -2.33. The second-order valence-electron chi connectivity index (χ2n) is 9.71. The Hall–Kier alpha value is -3.10. The highest BCUT2D eigenvalue weighted by atomic mass is 35.5. The quantitative estimate of drug-likeness (QED) is 0.507. The average Bonchev–Trinajstić information content (AvgIpc) is 3.26. The second-order valence-corrected chi connectivity index (χ2v) is 10.1. The molecule has 186 valence electrons. The van der Waals surface area contributed by atoms with Gasteiger partial charge in [-0.25, -0.2) is 4.79 Å². The molecule has 35 heavy (non-hydrogen) atoms. The third kappa shape index (κ3) is 6.13. The van der Waals surface area contributed by atoms with E-state index in [1.807, 2.05) is 37.5 Å². The fourth-order valence-corrected chi connectivity index (χ4v) is 4.57. The van der Waals surface area contributed by atoms with Gasteiger partial charge >= 0.3 is 6.09 Å². The van der Waals surface area contributed by atoms with E-state index in [9.17, 15) is 9.90 Å². The minimum absolute atomic E-state index is 0.121. The normalized spacial score (nSPS) is 14.7. The Labute approximate surface area is 210 Å². The van der Waals surface area contributed by atoms with Gasteiger partial charge in [0.2, 0.25) is 5.95 Å². The van der Waals surface area contributed by atoms with Gasteiger partial charge in [0.05, 0.1) is 18.8 Å². The molecule has 1 aliphatic rings. The third-order valence-corrected chi connectivity index (χ3v) is 6.24. The van der Waals surface area contributed by atoms with Crippen molar-refractivity contribution < 1.29 is 14.6 Å². The van der Waals surface area contributed by atoms with Gasteiger partial charge in [0, 0.05) is 23.7 Å². The molecule has 2 N–H and O–H groups in total. The van der Waals surface area contributed by atoms with Crippen LogP contribution in [0.3, 0.4) is 0 Å². The van der Waals surface area contributed by atoms with E-state index in [0.29, 0.717) is 28.3 Å². The molecular formula is C26H32ClN5O3. The Kier molecular flexibility index (Phi) is 7.62. The Morgan fingerprint density at radius 2 is 1.86 bits per heavy atom. The standard InChI is InChI=1S/C26H32ClN5O3/c1-26(2,3)35-25(34)28-16-23-29-30-24(32(23)22-10-9-21(27)15-20(22)17-33)31-13-11-19(12-14-31)18-7-5-4-6-8-18/h4-10,15,19,33H,11-14,16-17H2,1-3H3,(H,28,34). The van der Waals surface area contributed by atoms with Gasteiger partial charge in [-0.2, -0.15) is 0 Å². The van der Waals surface area contributed by atoms with Crippen LogP contribution in [0.1, 0.15) is 56.5 Å². The van der Waals surface area contributed by atoms with E-state index in [1.54, 1.807) is 12.1 Å². The summed E-state index contributed by atoms with van der Waals surface area (Å²) < 4.78 is 7.26. The maximum atomic E-state index is 12.3. The summed E-state index contributed by atoms with van der Waals surface area (Å²) in [5.74, 6) is 1.71. The lowest BCUT2D eigenvalue weighted by Crippen LogP contribution is -2.35. The predicted octanol–water partition coefficient (Wildman–Crippen LogP) is 4.82. The Morgan fingerprint density at radius 1 is 1.14 bits per heavy atom. The molecule has 4 rings (SSSR count). The van der Waals surface area contributed by atoms with Crippen molar-refractivity contribution in [3.63, 3.8) is 0 Å². The molecule has 1 aromatic heterocycles. The number of anilines is 1. The van der Waals surface area contributed by atoms with Crippen LogP contribution >= 0.6 is 11.6 Å². The topological polar surface area (TPSA) is 92.5 Å². The van der Waals surface area contributed by atoms with Crippen molar-refractivity contribution in [1.29, 1.82) is 0 Å². The number of halogens is 1. The third-order valence-electron chi connectivity index (χ3n) is 6.00. The number of hydrogen-bond donors (Lipinski definition) is 2. The number of nitrogens with one attached hydrogen (secondary N) is 1. The van der Waals surface area contributed by atoms with Gasteiger partial charge in [-0.3, -0.25) is 4.57 Å². The smallest absolute Gasteiger partial charge is 0.408 e. The molecule has 0 bridgehead atoms. The Bertz CT molecular complexity index is 1150. The first kappa shape index (κ1) is 25.0. The molecule has 9 heteroatoms. The molecule has 0 radical (unpaired) electrons. The number of hydrogen-bond acceptors (Lipinski definition) is 6. The van der Waals surface area contributed by atoms with E-state index < -0.39 is 11.7 Å². The first-order valence-corrected chi connectivity index (χ1v) is 12.2. The van der Waals surface area contributed by atoms with Crippen molar-refractivity contribution in [2.75, 3.05) is 18.0 Å². The fourth-order valence-electron chi connectivity index (χ4n) is 4.38. The van der Waals surface area contributed by atoms with Gasteiger partial charge in [0.15, 0.2) is 5.82 Å². The molecule has 2 aromatic carbocycles. The summed E-state index contributed by atoms with van der Waals surface area (Å²) in [6, 6.07) is 15.9. The summed E-state index contributed by atoms with van der Waals surface area (Å²) in [5, 5.41) is 22.2. The first-order valence-electron chi connectivity index (χ1n) is 11.9. The molecule has 2 heterocycles. The number of piperidine rings is 1. The number of aliphatic hydroxyl groups excluding tert-OH is 1. The van der Waals surface area contributed by atoms with Crippen LogP contribution in [0.4, 0.5) is 10.7 Å². The van der Waals surface area contributed by atoms with Gasteiger partial charge in [-0.15, -0.1) is 10.2 Å². The largest absolute Gasteiger partial charge is 0.444 e. The zero-order chi connectivity index (χ0) is 25.0. The molecule has 1 saturated heterocycles. The molecule has 3 aromatic rings. The molecule has 0 saturated carbocycles. The van der Waals surface area contributed by atoms with Gasteiger partial charge < -0.3 is 20.1 Å². The van der Waals surface area contributed by atoms with Gasteiger partial charge in [0.25, 0.3) is 0 Å². The van der Waals surface area contributed by atoms with E-state index in [4.69, 9.17) is 16.3 Å². The maximum absolute atomic E-state index is 12.3. The number of aromatic nitrogens is 3. The summed E-state index contributed by atoms with van der Waals surface area (Å²) in [6.45, 7) is 7.01. The van der Waals surface area contributed by atoms with Crippen molar-refractivity contribution in [2.45, 2.75) is 58.3 Å². The lowest BCUT2D eigenvalue weighted by atomic mass is 9.90. The van der Waals surface area contributed by atoms with Gasteiger partial charge in [-0.1, -0.05) is 41.9 Å². The van der Waals surface area contributed by atoms with Crippen molar-refractivity contribution in [1.82, 2.24) is 20.1 Å². The number of nitrogens with zero attached hydrogens (tertiary/aromatic N) is 4. The van der Waals surface area contributed by atoms with Crippen LogP contribution < -0.4 is 10.2 Å². The fraction of sp³-hybridized carbons (Fsp3) is 0.423. The highest BCUT2D eigenvalue weighted by molar-refractivity contribution is 6.30. The molecule has 1 fully saturated rings. The molecular weight excluding hydrogens is 466 g/mol. The van der Waals surface area contributed by atoms with Crippen LogP contribution in [0.25, 0.3) is 5.69 Å². The molecule has 1 aliphatic heterocycles. The molecule has 1 amide bonds. The van der Waals surface area contributed by atoms with Crippen molar-refractivity contribution in [2.24, 2.45) is 0 Å². The number of aliphatic hydroxyl groups is 1. The van der Waals surface area contributed by atoms with E-state index in [0.717, 1.165) is 31.6 Å². The highest BCUT2D eigenvalue weighted by Gasteiger charge is 2.27. The monoisotopic (exact) mass is 497 g/mol. The summed E-state index contributed by atoms with van der Waals surface area (Å²) in [6.07, 6.45) is 1.46.